The first-order valence-electron chi connectivity index (χ1n) is 8.50. The van der Waals surface area contributed by atoms with Gasteiger partial charge < -0.3 is 15.7 Å². The fraction of sp³-hybridized carbons (Fsp3) is 0.444. The van der Waals surface area contributed by atoms with Gasteiger partial charge in [-0.25, -0.2) is 4.79 Å². The number of carbonyl (C=O) groups excluding carboxylic acids is 1. The largest absolute Gasteiger partial charge is 0.393 e. The number of anilines is 1. The number of aliphatic hydroxyl groups is 1. The maximum Gasteiger partial charge on any atom is 0.319 e. The lowest BCUT2D eigenvalue weighted by molar-refractivity contribution is 0.0712. The molecule has 2 aromatic rings. The molecule has 0 radical (unpaired) electrons. The molecule has 2 atom stereocenters. The summed E-state index contributed by atoms with van der Waals surface area (Å²) in [5.41, 5.74) is 1.82. The van der Waals surface area contributed by atoms with Gasteiger partial charge in [0.1, 0.15) is 0 Å². The Morgan fingerprint density at radius 2 is 2.17 bits per heavy atom. The third-order valence-electron chi connectivity index (χ3n) is 4.48. The second-order valence-electron chi connectivity index (χ2n) is 6.35. The maximum absolute atomic E-state index is 12.1. The number of benzene rings is 1. The third-order valence-corrected chi connectivity index (χ3v) is 4.48. The molecule has 3 N–H and O–H groups in total. The topological polar surface area (TPSA) is 79.2 Å². The van der Waals surface area contributed by atoms with E-state index in [-0.39, 0.29) is 18.1 Å². The van der Waals surface area contributed by atoms with Crippen molar-refractivity contribution in [3.63, 3.8) is 0 Å². The molecule has 0 bridgehead atoms. The Labute approximate surface area is 141 Å². The van der Waals surface area contributed by atoms with Crippen molar-refractivity contribution in [1.82, 2.24) is 15.1 Å². The first-order chi connectivity index (χ1) is 11.7. The first kappa shape index (κ1) is 16.5. The number of carbonyl (C=O) groups is 1. The standard InChI is InChI=1S/C18H24N4O2/c23-17-8-2-1-6-15(17)12-19-18(24)21-16-7-3-5-14(11-16)13-22-10-4-9-20-22/h3-5,7,9-11,15,17,23H,1-2,6,8,12-13H2,(H2,19,21,24)/t15-,17-/m1/s1. The van der Waals surface area contributed by atoms with Gasteiger partial charge in [0.05, 0.1) is 12.6 Å². The number of aliphatic hydroxyl groups excluding tert-OH is 1. The van der Waals surface area contributed by atoms with Crippen molar-refractivity contribution < 1.29 is 9.90 Å². The average Bonchev–Trinajstić information content (AvgIpc) is 3.07. The summed E-state index contributed by atoms with van der Waals surface area (Å²) in [6.07, 6.45) is 7.37. The summed E-state index contributed by atoms with van der Waals surface area (Å²) in [4.78, 5) is 12.1. The minimum absolute atomic E-state index is 0.163. The van der Waals surface area contributed by atoms with Gasteiger partial charge >= 0.3 is 6.03 Å². The highest BCUT2D eigenvalue weighted by Gasteiger charge is 2.23. The normalized spacial score (nSPS) is 20.5. The molecule has 0 saturated heterocycles. The van der Waals surface area contributed by atoms with Crippen molar-refractivity contribution in [2.75, 3.05) is 11.9 Å². The molecule has 2 amide bonds. The maximum atomic E-state index is 12.1. The first-order valence-corrected chi connectivity index (χ1v) is 8.50. The van der Waals surface area contributed by atoms with Crippen molar-refractivity contribution in [2.45, 2.75) is 38.3 Å². The summed E-state index contributed by atoms with van der Waals surface area (Å²) < 4.78 is 1.84. The summed E-state index contributed by atoms with van der Waals surface area (Å²) in [7, 11) is 0. The van der Waals surface area contributed by atoms with Crippen LogP contribution in [0, 0.1) is 5.92 Å². The number of aromatic nitrogens is 2. The van der Waals surface area contributed by atoms with Crippen LogP contribution in [0.25, 0.3) is 0 Å². The van der Waals surface area contributed by atoms with Crippen LogP contribution in [0.1, 0.15) is 31.2 Å². The minimum atomic E-state index is -0.295. The van der Waals surface area contributed by atoms with Gasteiger partial charge in [-0.3, -0.25) is 4.68 Å². The van der Waals surface area contributed by atoms with E-state index in [2.05, 4.69) is 15.7 Å². The van der Waals surface area contributed by atoms with Crippen molar-refractivity contribution in [1.29, 1.82) is 0 Å². The van der Waals surface area contributed by atoms with Gasteiger partial charge in [0.25, 0.3) is 0 Å². The molecule has 1 fully saturated rings. The van der Waals surface area contributed by atoms with Gasteiger partial charge in [-0.05, 0) is 36.6 Å². The molecular formula is C18H24N4O2. The van der Waals surface area contributed by atoms with Crippen LogP contribution >= 0.6 is 0 Å². The van der Waals surface area contributed by atoms with Gasteiger partial charge in [-0.2, -0.15) is 5.10 Å². The number of hydrogen-bond donors (Lipinski definition) is 3. The number of amides is 2. The van der Waals surface area contributed by atoms with Crippen LogP contribution < -0.4 is 10.6 Å². The molecule has 1 saturated carbocycles. The van der Waals surface area contributed by atoms with Gasteiger partial charge in [0, 0.05) is 30.5 Å². The van der Waals surface area contributed by atoms with Gasteiger partial charge in [-0.15, -0.1) is 0 Å². The van der Waals surface area contributed by atoms with Crippen LogP contribution in [0.4, 0.5) is 10.5 Å². The zero-order valence-electron chi connectivity index (χ0n) is 13.7. The third kappa shape index (κ3) is 4.58. The Kier molecular flexibility index (Phi) is 5.48. The van der Waals surface area contributed by atoms with Crippen LogP contribution in [-0.2, 0) is 6.54 Å². The van der Waals surface area contributed by atoms with Crippen LogP contribution in [0.2, 0.25) is 0 Å². The number of urea groups is 1. The summed E-state index contributed by atoms with van der Waals surface area (Å²) >= 11 is 0. The van der Waals surface area contributed by atoms with Gasteiger partial charge in [-0.1, -0.05) is 25.0 Å². The minimum Gasteiger partial charge on any atom is -0.393 e. The Balaban J connectivity index is 1.50. The molecule has 6 heteroatoms. The number of hydrogen-bond acceptors (Lipinski definition) is 3. The van der Waals surface area contributed by atoms with Crippen LogP contribution in [-0.4, -0.2) is 33.6 Å². The highest BCUT2D eigenvalue weighted by atomic mass is 16.3. The SMILES string of the molecule is O=C(NC[C@H]1CCCC[C@H]1O)Nc1cccc(Cn2cccn2)c1. The number of nitrogens with one attached hydrogen (secondary N) is 2. The fourth-order valence-corrected chi connectivity index (χ4v) is 3.15. The molecule has 0 spiro atoms. The molecule has 1 aromatic carbocycles. The van der Waals surface area contributed by atoms with E-state index in [1.165, 1.54) is 0 Å². The quantitative estimate of drug-likeness (QED) is 0.789. The highest BCUT2D eigenvalue weighted by Crippen LogP contribution is 2.23. The van der Waals surface area contributed by atoms with Crippen molar-refractivity contribution in [3.05, 3.63) is 48.3 Å². The monoisotopic (exact) mass is 328 g/mol. The lowest BCUT2D eigenvalue weighted by Gasteiger charge is -2.27. The van der Waals surface area contributed by atoms with E-state index < -0.39 is 0 Å². The molecule has 0 aliphatic heterocycles. The van der Waals surface area contributed by atoms with Crippen LogP contribution in [0.3, 0.4) is 0 Å². The predicted octanol–water partition coefficient (Wildman–Crippen LogP) is 2.60. The molecule has 3 rings (SSSR count). The molecule has 1 heterocycles. The van der Waals surface area contributed by atoms with E-state index in [0.717, 1.165) is 36.9 Å². The van der Waals surface area contributed by atoms with E-state index >= 15 is 0 Å². The Morgan fingerprint density at radius 3 is 2.96 bits per heavy atom. The summed E-state index contributed by atoms with van der Waals surface area (Å²) in [6.45, 7) is 1.18. The summed E-state index contributed by atoms with van der Waals surface area (Å²) in [5, 5.41) is 19.9. The van der Waals surface area contributed by atoms with Crippen LogP contribution in [0.15, 0.2) is 42.7 Å². The molecule has 1 aliphatic rings. The zero-order valence-corrected chi connectivity index (χ0v) is 13.7. The average molecular weight is 328 g/mol. The van der Waals surface area contributed by atoms with E-state index in [1.54, 1.807) is 6.20 Å². The van der Waals surface area contributed by atoms with Crippen molar-refractivity contribution >= 4 is 11.7 Å². The van der Waals surface area contributed by atoms with E-state index in [4.69, 9.17) is 0 Å². The fourth-order valence-electron chi connectivity index (χ4n) is 3.15. The van der Waals surface area contributed by atoms with Crippen molar-refractivity contribution in [3.8, 4) is 0 Å². The van der Waals surface area contributed by atoms with E-state index in [0.29, 0.717) is 13.1 Å². The Morgan fingerprint density at radius 1 is 1.29 bits per heavy atom. The van der Waals surface area contributed by atoms with Crippen molar-refractivity contribution in [2.24, 2.45) is 5.92 Å². The summed E-state index contributed by atoms with van der Waals surface area (Å²) in [6, 6.07) is 9.37. The molecule has 128 valence electrons. The molecule has 1 aromatic heterocycles. The predicted molar refractivity (Wildman–Crippen MR) is 92.8 cm³/mol. The Hall–Kier alpha value is -2.34. The molecule has 0 unspecified atom stereocenters. The summed E-state index contributed by atoms with van der Waals surface area (Å²) in [5.74, 6) is 0.163. The molecule has 24 heavy (non-hydrogen) atoms. The second-order valence-corrected chi connectivity index (χ2v) is 6.35. The number of rotatable bonds is 5. The Bertz CT molecular complexity index is 657. The van der Waals surface area contributed by atoms with Gasteiger partial charge in [0.15, 0.2) is 0 Å². The lowest BCUT2D eigenvalue weighted by atomic mass is 9.86. The van der Waals surface area contributed by atoms with E-state index in [1.807, 2.05) is 41.2 Å². The van der Waals surface area contributed by atoms with Gasteiger partial charge in [0.2, 0.25) is 0 Å². The second kappa shape index (κ2) is 7.97. The highest BCUT2D eigenvalue weighted by molar-refractivity contribution is 5.89. The lowest BCUT2D eigenvalue weighted by Crippen LogP contribution is -2.38. The molecular weight excluding hydrogens is 304 g/mol. The van der Waals surface area contributed by atoms with Crippen LogP contribution in [0.5, 0.6) is 0 Å². The zero-order chi connectivity index (χ0) is 16.8. The smallest absolute Gasteiger partial charge is 0.319 e. The van der Waals surface area contributed by atoms with E-state index in [9.17, 15) is 9.90 Å². The molecule has 1 aliphatic carbocycles. The molecule has 6 nitrogen and oxygen atoms in total. The number of nitrogens with zero attached hydrogens (tertiary/aromatic N) is 2.